The lowest BCUT2D eigenvalue weighted by atomic mass is 9.78. The zero-order valence-corrected chi connectivity index (χ0v) is 14.1. The van der Waals surface area contributed by atoms with Crippen LogP contribution in [-0.2, 0) is 4.74 Å². The van der Waals surface area contributed by atoms with E-state index in [1.165, 1.54) is 13.5 Å². The highest BCUT2D eigenvalue weighted by molar-refractivity contribution is 6.00. The second kappa shape index (κ2) is 6.55. The van der Waals surface area contributed by atoms with Crippen LogP contribution in [0.15, 0.2) is 0 Å². The molecule has 1 aromatic heterocycles. The summed E-state index contributed by atoms with van der Waals surface area (Å²) in [5.41, 5.74) is 2.24. The van der Waals surface area contributed by atoms with Crippen LogP contribution in [-0.4, -0.2) is 30.0 Å². The molecule has 0 spiro atoms. The molecule has 1 heterocycles. The maximum atomic E-state index is 12.6. The molecule has 1 amide bonds. The fraction of sp³-hybridized carbons (Fsp3) is 0.647. The fourth-order valence-electron chi connectivity index (χ4n) is 3.41. The zero-order chi connectivity index (χ0) is 16.4. The summed E-state index contributed by atoms with van der Waals surface area (Å²) in [5, 5.41) is 3.13. The van der Waals surface area contributed by atoms with Crippen molar-refractivity contribution in [1.82, 2.24) is 10.3 Å². The standard InChI is InChI=1S/C17H26N2O3/c1-9-7-6-8-13(10(9)2)19-16(20)15-11(3)14(12(4)18-15)17(21)22-5/h9-10,13,18H,6-8H2,1-5H3,(H,19,20). The van der Waals surface area contributed by atoms with Crippen molar-refractivity contribution >= 4 is 11.9 Å². The smallest absolute Gasteiger partial charge is 0.339 e. The lowest BCUT2D eigenvalue weighted by molar-refractivity contribution is 0.0599. The summed E-state index contributed by atoms with van der Waals surface area (Å²) in [6.07, 6.45) is 3.38. The predicted octanol–water partition coefficient (Wildman–Crippen LogP) is 2.97. The van der Waals surface area contributed by atoms with Gasteiger partial charge in [0.25, 0.3) is 5.91 Å². The molecule has 0 saturated heterocycles. The monoisotopic (exact) mass is 306 g/mol. The molecule has 5 nitrogen and oxygen atoms in total. The number of esters is 1. The first-order valence-electron chi connectivity index (χ1n) is 7.95. The Kier molecular flexibility index (Phi) is 4.94. The Hall–Kier alpha value is -1.78. The Labute approximate surface area is 131 Å². The number of aryl methyl sites for hydroxylation is 1. The average Bonchev–Trinajstić information content (AvgIpc) is 2.78. The summed E-state index contributed by atoms with van der Waals surface area (Å²) in [6.45, 7) is 7.99. The molecule has 2 rings (SSSR count). The van der Waals surface area contributed by atoms with Gasteiger partial charge in [0, 0.05) is 11.7 Å². The van der Waals surface area contributed by atoms with Gasteiger partial charge in [-0.25, -0.2) is 4.79 Å². The number of aromatic amines is 1. The highest BCUT2D eigenvalue weighted by Gasteiger charge is 2.30. The van der Waals surface area contributed by atoms with Crippen LogP contribution < -0.4 is 5.32 Å². The van der Waals surface area contributed by atoms with E-state index in [9.17, 15) is 9.59 Å². The second-order valence-corrected chi connectivity index (χ2v) is 6.46. The number of ether oxygens (including phenoxy) is 1. The van der Waals surface area contributed by atoms with Crippen LogP contribution in [0.4, 0.5) is 0 Å². The van der Waals surface area contributed by atoms with E-state index in [1.807, 2.05) is 0 Å². The van der Waals surface area contributed by atoms with Crippen molar-refractivity contribution in [2.75, 3.05) is 7.11 Å². The maximum absolute atomic E-state index is 12.6. The van der Waals surface area contributed by atoms with E-state index in [0.717, 1.165) is 12.8 Å². The molecule has 5 heteroatoms. The van der Waals surface area contributed by atoms with Crippen LogP contribution in [0.3, 0.4) is 0 Å². The minimum Gasteiger partial charge on any atom is -0.465 e. The molecule has 1 saturated carbocycles. The van der Waals surface area contributed by atoms with Gasteiger partial charge in [0.2, 0.25) is 0 Å². The number of nitrogens with one attached hydrogen (secondary N) is 2. The minimum atomic E-state index is -0.412. The summed E-state index contributed by atoms with van der Waals surface area (Å²) in [5.74, 6) is 0.539. The molecule has 22 heavy (non-hydrogen) atoms. The third kappa shape index (κ3) is 3.03. The van der Waals surface area contributed by atoms with Crippen molar-refractivity contribution in [3.8, 4) is 0 Å². The Morgan fingerprint density at radius 2 is 1.91 bits per heavy atom. The molecule has 1 aliphatic carbocycles. The van der Waals surface area contributed by atoms with Crippen LogP contribution in [0.5, 0.6) is 0 Å². The lowest BCUT2D eigenvalue weighted by Crippen LogP contribution is -2.44. The Balaban J connectivity index is 2.18. The number of carbonyl (C=O) groups is 2. The van der Waals surface area contributed by atoms with E-state index >= 15 is 0 Å². The van der Waals surface area contributed by atoms with Crippen LogP contribution in [0.1, 0.15) is 65.2 Å². The van der Waals surface area contributed by atoms with Crippen LogP contribution in [0.25, 0.3) is 0 Å². The molecule has 0 radical (unpaired) electrons. The third-order valence-corrected chi connectivity index (χ3v) is 5.08. The normalized spacial score (nSPS) is 24.9. The second-order valence-electron chi connectivity index (χ2n) is 6.46. The van der Waals surface area contributed by atoms with Gasteiger partial charge in [0.1, 0.15) is 5.69 Å². The van der Waals surface area contributed by atoms with Crippen molar-refractivity contribution in [1.29, 1.82) is 0 Å². The number of hydrogen-bond donors (Lipinski definition) is 2. The van der Waals surface area contributed by atoms with Crippen molar-refractivity contribution in [2.24, 2.45) is 11.8 Å². The number of hydrogen-bond acceptors (Lipinski definition) is 3. The predicted molar refractivity (Wildman–Crippen MR) is 85.0 cm³/mol. The highest BCUT2D eigenvalue weighted by atomic mass is 16.5. The van der Waals surface area contributed by atoms with E-state index in [4.69, 9.17) is 4.74 Å². The first-order valence-corrected chi connectivity index (χ1v) is 7.95. The SMILES string of the molecule is COC(=O)c1c(C)[nH]c(C(=O)NC2CCCC(C)C2C)c1C. The van der Waals surface area contributed by atoms with Crippen LogP contribution in [0.2, 0.25) is 0 Å². The van der Waals surface area contributed by atoms with Gasteiger partial charge < -0.3 is 15.0 Å². The number of aromatic nitrogens is 1. The van der Waals surface area contributed by atoms with Gasteiger partial charge in [-0.1, -0.05) is 26.7 Å². The molecular formula is C17H26N2O3. The minimum absolute atomic E-state index is 0.137. The first-order chi connectivity index (χ1) is 10.4. The molecule has 1 aliphatic rings. The Bertz CT molecular complexity index is 577. The topological polar surface area (TPSA) is 71.2 Å². The van der Waals surface area contributed by atoms with Crippen LogP contribution in [0, 0.1) is 25.7 Å². The zero-order valence-electron chi connectivity index (χ0n) is 14.1. The highest BCUT2D eigenvalue weighted by Crippen LogP contribution is 2.30. The first kappa shape index (κ1) is 16.6. The third-order valence-electron chi connectivity index (χ3n) is 5.08. The quantitative estimate of drug-likeness (QED) is 0.843. The van der Waals surface area contributed by atoms with Gasteiger partial charge >= 0.3 is 5.97 Å². The number of rotatable bonds is 3. The number of methoxy groups -OCH3 is 1. The molecule has 3 atom stereocenters. The van der Waals surface area contributed by atoms with E-state index in [2.05, 4.69) is 24.1 Å². The van der Waals surface area contributed by atoms with Crippen LogP contribution >= 0.6 is 0 Å². The molecule has 2 N–H and O–H groups in total. The molecule has 0 bridgehead atoms. The molecule has 3 unspecified atom stereocenters. The van der Waals surface area contributed by atoms with Crippen molar-refractivity contribution < 1.29 is 14.3 Å². The molecule has 0 aliphatic heterocycles. The van der Waals surface area contributed by atoms with Crippen molar-refractivity contribution in [3.63, 3.8) is 0 Å². The molecule has 122 valence electrons. The molecular weight excluding hydrogens is 280 g/mol. The van der Waals surface area contributed by atoms with E-state index < -0.39 is 5.97 Å². The largest absolute Gasteiger partial charge is 0.465 e. The van der Waals surface area contributed by atoms with Gasteiger partial charge in [-0.2, -0.15) is 0 Å². The average molecular weight is 306 g/mol. The summed E-state index contributed by atoms with van der Waals surface area (Å²) < 4.78 is 4.78. The summed E-state index contributed by atoms with van der Waals surface area (Å²) in [7, 11) is 1.35. The van der Waals surface area contributed by atoms with E-state index in [0.29, 0.717) is 34.4 Å². The van der Waals surface area contributed by atoms with Crippen molar-refractivity contribution in [2.45, 2.75) is 53.0 Å². The van der Waals surface area contributed by atoms with Gasteiger partial charge in [-0.3, -0.25) is 4.79 Å². The number of H-pyrrole nitrogens is 1. The van der Waals surface area contributed by atoms with Gasteiger partial charge in [-0.15, -0.1) is 0 Å². The summed E-state index contributed by atoms with van der Waals surface area (Å²) in [6, 6.07) is 0.195. The fourth-order valence-corrected chi connectivity index (χ4v) is 3.41. The molecule has 1 fully saturated rings. The number of carbonyl (C=O) groups excluding carboxylic acids is 2. The van der Waals surface area contributed by atoms with Gasteiger partial charge in [0.05, 0.1) is 12.7 Å². The summed E-state index contributed by atoms with van der Waals surface area (Å²) >= 11 is 0. The van der Waals surface area contributed by atoms with Gasteiger partial charge in [-0.05, 0) is 37.7 Å². The lowest BCUT2D eigenvalue weighted by Gasteiger charge is -2.34. The Morgan fingerprint density at radius 3 is 2.55 bits per heavy atom. The van der Waals surface area contributed by atoms with Gasteiger partial charge in [0.15, 0.2) is 0 Å². The van der Waals surface area contributed by atoms with E-state index in [-0.39, 0.29) is 11.9 Å². The molecule has 1 aromatic rings. The van der Waals surface area contributed by atoms with Crippen molar-refractivity contribution in [3.05, 3.63) is 22.5 Å². The number of amides is 1. The maximum Gasteiger partial charge on any atom is 0.339 e. The Morgan fingerprint density at radius 1 is 1.23 bits per heavy atom. The van der Waals surface area contributed by atoms with E-state index in [1.54, 1.807) is 13.8 Å². The molecule has 0 aromatic carbocycles. The summed E-state index contributed by atoms with van der Waals surface area (Å²) in [4.78, 5) is 27.4.